The van der Waals surface area contributed by atoms with E-state index in [1.165, 1.54) is 13.2 Å². The van der Waals surface area contributed by atoms with Crippen LogP contribution < -0.4 is 0 Å². The van der Waals surface area contributed by atoms with Gasteiger partial charge in [-0.2, -0.15) is 0 Å². The summed E-state index contributed by atoms with van der Waals surface area (Å²) in [6.07, 6.45) is 0.288. The van der Waals surface area contributed by atoms with Crippen LogP contribution in [0.25, 0.3) is 11.1 Å². The summed E-state index contributed by atoms with van der Waals surface area (Å²) in [4.78, 5) is 22.5. The minimum absolute atomic E-state index is 0.185. The lowest BCUT2D eigenvalue weighted by molar-refractivity contribution is -0.139. The van der Waals surface area contributed by atoms with Gasteiger partial charge in [0.25, 0.3) is 0 Å². The van der Waals surface area contributed by atoms with E-state index < -0.39 is 25.5 Å². The highest BCUT2D eigenvalue weighted by Crippen LogP contribution is 2.47. The van der Waals surface area contributed by atoms with Gasteiger partial charge in [0.05, 0.1) is 6.16 Å². The first-order chi connectivity index (χ1) is 14.0. The van der Waals surface area contributed by atoms with Gasteiger partial charge in [0.2, 0.25) is 7.37 Å². The zero-order valence-corrected chi connectivity index (χ0v) is 18.7. The number of Topliss-reactive ketones (excluding diaryl/α,β-unsaturated/α-hetero) is 1. The van der Waals surface area contributed by atoms with Gasteiger partial charge < -0.3 is 9.63 Å². The van der Waals surface area contributed by atoms with Crippen molar-refractivity contribution in [3.05, 3.63) is 58.4 Å². The molecule has 0 aliphatic rings. The van der Waals surface area contributed by atoms with Gasteiger partial charge in [0, 0.05) is 13.3 Å². The third kappa shape index (κ3) is 6.35. The molecule has 5 nitrogen and oxygen atoms in total. The summed E-state index contributed by atoms with van der Waals surface area (Å²) >= 11 is 0. The highest BCUT2D eigenvalue weighted by molar-refractivity contribution is 7.59. The number of halogens is 1. The molecule has 0 aliphatic carbocycles. The monoisotopic (exact) mass is 434 g/mol. The van der Waals surface area contributed by atoms with Crippen LogP contribution in [0.4, 0.5) is 4.39 Å². The van der Waals surface area contributed by atoms with E-state index in [1.807, 2.05) is 19.9 Å². The average Bonchev–Trinajstić information content (AvgIpc) is 2.64. The Hall–Kier alpha value is -2.30. The molecule has 0 saturated heterocycles. The summed E-state index contributed by atoms with van der Waals surface area (Å²) in [5, 5.41) is 8.73. The third-order valence-corrected chi connectivity index (χ3v) is 7.61. The molecular formula is C23H28FO5P. The number of rotatable bonds is 10. The highest BCUT2D eigenvalue weighted by atomic mass is 31.2. The van der Waals surface area contributed by atoms with Gasteiger partial charge in [-0.1, -0.05) is 23.8 Å². The van der Waals surface area contributed by atoms with Crippen molar-refractivity contribution in [2.75, 3.05) is 19.4 Å². The molecule has 1 N–H and O–H groups in total. The van der Waals surface area contributed by atoms with Gasteiger partial charge in [-0.05, 0) is 73.6 Å². The SMILES string of the molecule is COP(=O)(CCCc1c(C)cc(C)cc1-c1ccc(F)c(C)c1)CC(=O)CC(=O)O. The van der Waals surface area contributed by atoms with Crippen LogP contribution in [0.3, 0.4) is 0 Å². The van der Waals surface area contributed by atoms with Crippen LogP contribution in [0.15, 0.2) is 30.3 Å². The van der Waals surface area contributed by atoms with Crippen LogP contribution >= 0.6 is 7.37 Å². The summed E-state index contributed by atoms with van der Waals surface area (Å²) in [6, 6.07) is 9.16. The number of carbonyl (C=O) groups is 2. The van der Waals surface area contributed by atoms with Crippen LogP contribution in [0.2, 0.25) is 0 Å². The second-order valence-electron chi connectivity index (χ2n) is 7.66. The zero-order valence-electron chi connectivity index (χ0n) is 17.8. The third-order valence-electron chi connectivity index (χ3n) is 5.11. The van der Waals surface area contributed by atoms with Crippen molar-refractivity contribution in [1.29, 1.82) is 0 Å². The molecule has 0 spiro atoms. The van der Waals surface area contributed by atoms with Crippen molar-refractivity contribution in [2.45, 2.75) is 40.0 Å². The van der Waals surface area contributed by atoms with Crippen molar-refractivity contribution in [3.8, 4) is 11.1 Å². The smallest absolute Gasteiger partial charge is 0.310 e. The first-order valence-corrected chi connectivity index (χ1v) is 11.8. The fourth-order valence-corrected chi connectivity index (χ4v) is 5.38. The van der Waals surface area contributed by atoms with E-state index in [1.54, 1.807) is 13.0 Å². The lowest BCUT2D eigenvalue weighted by atomic mass is 9.90. The number of aryl methyl sites for hydroxylation is 3. The van der Waals surface area contributed by atoms with E-state index in [0.717, 1.165) is 27.8 Å². The summed E-state index contributed by atoms with van der Waals surface area (Å²) in [5.41, 5.74) is 5.74. The van der Waals surface area contributed by atoms with Crippen molar-refractivity contribution < 1.29 is 28.2 Å². The van der Waals surface area contributed by atoms with Crippen molar-refractivity contribution >= 4 is 19.1 Å². The van der Waals surface area contributed by atoms with Crippen LogP contribution in [-0.2, 0) is 25.1 Å². The molecule has 0 bridgehead atoms. The number of carboxylic acids is 1. The molecule has 0 aromatic heterocycles. The first kappa shape index (κ1) is 24.0. The molecule has 0 saturated carbocycles. The Morgan fingerprint density at radius 1 is 1.10 bits per heavy atom. The molecule has 1 atom stereocenters. The molecule has 2 rings (SSSR count). The normalized spacial score (nSPS) is 13.1. The molecule has 1 unspecified atom stereocenters. The van der Waals surface area contributed by atoms with Crippen LogP contribution in [-0.4, -0.2) is 36.3 Å². The number of carboxylic acid groups (broad SMARTS) is 1. The van der Waals surface area contributed by atoms with E-state index in [4.69, 9.17) is 9.63 Å². The molecule has 0 fully saturated rings. The molecule has 0 radical (unpaired) electrons. The van der Waals surface area contributed by atoms with Gasteiger partial charge >= 0.3 is 5.97 Å². The Morgan fingerprint density at radius 2 is 1.80 bits per heavy atom. The Morgan fingerprint density at radius 3 is 2.40 bits per heavy atom. The van der Waals surface area contributed by atoms with E-state index >= 15 is 0 Å². The fraction of sp³-hybridized carbons (Fsp3) is 0.391. The maximum Gasteiger partial charge on any atom is 0.310 e. The standard InChI is InChI=1S/C23H28FO5P/c1-15-10-16(2)20(21(11-15)18-7-8-22(24)17(3)12-18)6-5-9-30(28,29-4)14-19(25)13-23(26)27/h7-8,10-12H,5-6,9,13-14H2,1-4H3,(H,26,27). The zero-order chi connectivity index (χ0) is 22.5. The number of benzene rings is 2. The molecule has 0 heterocycles. The first-order valence-electron chi connectivity index (χ1n) is 9.78. The van der Waals surface area contributed by atoms with Crippen LogP contribution in [0.1, 0.15) is 35.1 Å². The van der Waals surface area contributed by atoms with Crippen LogP contribution in [0, 0.1) is 26.6 Å². The van der Waals surface area contributed by atoms with E-state index in [0.29, 0.717) is 18.4 Å². The number of hydrogen-bond donors (Lipinski definition) is 1. The second-order valence-corrected chi connectivity index (χ2v) is 10.4. The number of carbonyl (C=O) groups excluding carboxylic acids is 1. The van der Waals surface area contributed by atoms with Gasteiger partial charge in [0.1, 0.15) is 12.2 Å². The summed E-state index contributed by atoms with van der Waals surface area (Å²) < 4.78 is 31.7. The number of ketones is 1. The molecule has 7 heteroatoms. The topological polar surface area (TPSA) is 80.7 Å². The molecular weight excluding hydrogens is 406 g/mol. The fourth-order valence-electron chi connectivity index (χ4n) is 3.62. The largest absolute Gasteiger partial charge is 0.481 e. The van der Waals surface area contributed by atoms with Crippen molar-refractivity contribution in [2.24, 2.45) is 0 Å². The van der Waals surface area contributed by atoms with Gasteiger partial charge in [-0.25, -0.2) is 4.39 Å². The van der Waals surface area contributed by atoms with Gasteiger partial charge in [-0.15, -0.1) is 0 Å². The summed E-state index contributed by atoms with van der Waals surface area (Å²) in [6.45, 7) is 5.74. The van der Waals surface area contributed by atoms with Gasteiger partial charge in [-0.3, -0.25) is 14.2 Å². The molecule has 162 valence electrons. The molecule has 0 amide bonds. The maximum absolute atomic E-state index is 13.7. The van der Waals surface area contributed by atoms with E-state index in [2.05, 4.69) is 12.1 Å². The minimum atomic E-state index is -3.24. The Kier molecular flexibility index (Phi) is 8.10. The average molecular weight is 434 g/mol. The summed E-state index contributed by atoms with van der Waals surface area (Å²) in [7, 11) is -1.95. The highest BCUT2D eigenvalue weighted by Gasteiger charge is 2.26. The molecule has 30 heavy (non-hydrogen) atoms. The Bertz CT molecular complexity index is 999. The predicted molar refractivity (Wildman–Crippen MR) is 116 cm³/mol. The van der Waals surface area contributed by atoms with E-state index in [9.17, 15) is 18.5 Å². The minimum Gasteiger partial charge on any atom is -0.481 e. The lowest BCUT2D eigenvalue weighted by Crippen LogP contribution is -2.13. The lowest BCUT2D eigenvalue weighted by Gasteiger charge is -2.18. The van der Waals surface area contributed by atoms with Crippen LogP contribution in [0.5, 0.6) is 0 Å². The molecule has 2 aromatic carbocycles. The van der Waals surface area contributed by atoms with E-state index in [-0.39, 0.29) is 18.1 Å². The quantitative estimate of drug-likeness (QED) is 0.404. The van der Waals surface area contributed by atoms with Gasteiger partial charge in [0.15, 0.2) is 5.78 Å². The second kappa shape index (κ2) is 10.1. The maximum atomic E-state index is 13.7. The van der Waals surface area contributed by atoms with Crippen molar-refractivity contribution in [1.82, 2.24) is 0 Å². The Balaban J connectivity index is 2.22. The summed E-state index contributed by atoms with van der Waals surface area (Å²) in [5.74, 6) is -2.09. The molecule has 0 aliphatic heterocycles. The predicted octanol–water partition coefficient (Wildman–Crippen LogP) is 5.32. The number of aliphatic carboxylic acids is 1. The Labute approximate surface area is 176 Å². The van der Waals surface area contributed by atoms with Crippen molar-refractivity contribution in [3.63, 3.8) is 0 Å². The number of hydrogen-bond acceptors (Lipinski definition) is 4. The molecule has 2 aromatic rings.